The first-order chi connectivity index (χ1) is 12.5. The van der Waals surface area contributed by atoms with E-state index in [1.54, 1.807) is 7.11 Å². The molecule has 2 N–H and O–H groups in total. The van der Waals surface area contributed by atoms with Gasteiger partial charge in [0.2, 0.25) is 5.91 Å². The Bertz CT molecular complexity index is 809. The van der Waals surface area contributed by atoms with Gasteiger partial charge in [-0.15, -0.1) is 0 Å². The third kappa shape index (κ3) is 3.78. The van der Waals surface area contributed by atoms with Crippen LogP contribution in [0, 0.1) is 0 Å². The molecule has 1 aliphatic rings. The number of H-pyrrole nitrogens is 1. The van der Waals surface area contributed by atoms with Crippen molar-refractivity contribution in [2.75, 3.05) is 20.2 Å². The lowest BCUT2D eigenvalue weighted by molar-refractivity contribution is -0.126. The number of carbonyl (C=O) groups excluding carboxylic acids is 1. The van der Waals surface area contributed by atoms with Crippen molar-refractivity contribution in [1.29, 1.82) is 0 Å². The standard InChI is InChI=1S/C21H29N3O2/c1-5-14(2)23-21(25)15(3)24-10-8-16(9-11-24)19-13-22-20-7-6-17(26-4)12-18(19)20/h6-8,12-15,22H,5,9-11H2,1-4H3,(H,23,25)/t14-,15-/m1/s1. The fraction of sp³-hybridized carbons (Fsp3) is 0.476. The van der Waals surface area contributed by atoms with E-state index in [0.717, 1.165) is 37.2 Å². The zero-order chi connectivity index (χ0) is 18.7. The number of fused-ring (bicyclic) bond motifs is 1. The van der Waals surface area contributed by atoms with Gasteiger partial charge in [0.05, 0.1) is 13.2 Å². The molecule has 1 amide bonds. The van der Waals surface area contributed by atoms with Crippen LogP contribution in [0.4, 0.5) is 0 Å². The summed E-state index contributed by atoms with van der Waals surface area (Å²) in [5.41, 5.74) is 3.68. The average Bonchev–Trinajstić information content (AvgIpc) is 3.10. The van der Waals surface area contributed by atoms with E-state index in [0.29, 0.717) is 0 Å². The lowest BCUT2D eigenvalue weighted by Gasteiger charge is -2.31. The highest BCUT2D eigenvalue weighted by molar-refractivity contribution is 5.93. The molecule has 26 heavy (non-hydrogen) atoms. The van der Waals surface area contributed by atoms with Crippen molar-refractivity contribution in [3.8, 4) is 5.75 Å². The van der Waals surface area contributed by atoms with Crippen molar-refractivity contribution in [2.45, 2.75) is 45.7 Å². The van der Waals surface area contributed by atoms with Gasteiger partial charge < -0.3 is 15.0 Å². The van der Waals surface area contributed by atoms with Gasteiger partial charge in [0.15, 0.2) is 0 Å². The minimum absolute atomic E-state index is 0.107. The van der Waals surface area contributed by atoms with Crippen molar-refractivity contribution in [3.63, 3.8) is 0 Å². The molecule has 3 rings (SSSR count). The topological polar surface area (TPSA) is 57.4 Å². The van der Waals surface area contributed by atoms with Gasteiger partial charge in [0, 0.05) is 41.8 Å². The maximum absolute atomic E-state index is 12.4. The van der Waals surface area contributed by atoms with Gasteiger partial charge in [-0.25, -0.2) is 0 Å². The zero-order valence-corrected chi connectivity index (χ0v) is 16.1. The molecule has 0 radical (unpaired) electrons. The quantitative estimate of drug-likeness (QED) is 0.833. The van der Waals surface area contributed by atoms with Crippen LogP contribution in [-0.4, -0.2) is 48.1 Å². The first-order valence-electron chi connectivity index (χ1n) is 9.42. The van der Waals surface area contributed by atoms with E-state index in [4.69, 9.17) is 4.74 Å². The van der Waals surface area contributed by atoms with Gasteiger partial charge in [-0.1, -0.05) is 13.0 Å². The Kier molecular flexibility index (Phi) is 5.67. The number of amides is 1. The van der Waals surface area contributed by atoms with Crippen LogP contribution in [0.15, 0.2) is 30.5 Å². The normalized spacial score (nSPS) is 17.6. The number of rotatable bonds is 6. The van der Waals surface area contributed by atoms with E-state index >= 15 is 0 Å². The van der Waals surface area contributed by atoms with Gasteiger partial charge in [-0.05, 0) is 50.5 Å². The first-order valence-corrected chi connectivity index (χ1v) is 9.42. The summed E-state index contributed by atoms with van der Waals surface area (Å²) in [5, 5.41) is 4.27. The van der Waals surface area contributed by atoms with Crippen LogP contribution >= 0.6 is 0 Å². The number of hydrogen-bond acceptors (Lipinski definition) is 3. The minimum atomic E-state index is -0.107. The molecule has 2 atom stereocenters. The molecule has 0 aliphatic carbocycles. The van der Waals surface area contributed by atoms with Crippen LogP contribution in [0.25, 0.3) is 16.5 Å². The van der Waals surface area contributed by atoms with E-state index in [2.05, 4.69) is 46.5 Å². The van der Waals surface area contributed by atoms with Crippen LogP contribution < -0.4 is 10.1 Å². The fourth-order valence-corrected chi connectivity index (χ4v) is 3.40. The number of nitrogens with one attached hydrogen (secondary N) is 2. The predicted octanol–water partition coefficient (Wildman–Crippen LogP) is 3.57. The second kappa shape index (κ2) is 7.96. The molecule has 1 aliphatic heterocycles. The smallest absolute Gasteiger partial charge is 0.237 e. The number of hydrogen-bond donors (Lipinski definition) is 2. The Morgan fingerprint density at radius 3 is 2.85 bits per heavy atom. The minimum Gasteiger partial charge on any atom is -0.497 e. The molecule has 1 aromatic carbocycles. The number of carbonyl (C=O) groups is 1. The Labute approximate surface area is 155 Å². The van der Waals surface area contributed by atoms with Crippen LogP contribution in [0.5, 0.6) is 5.75 Å². The van der Waals surface area contributed by atoms with Gasteiger partial charge in [-0.2, -0.15) is 0 Å². The Morgan fingerprint density at radius 2 is 2.19 bits per heavy atom. The maximum atomic E-state index is 12.4. The SMILES string of the molecule is CC[C@@H](C)NC(=O)[C@@H](C)N1CC=C(c2c[nH]c3ccc(OC)cc23)CC1. The van der Waals surface area contributed by atoms with E-state index < -0.39 is 0 Å². The molecule has 0 fully saturated rings. The van der Waals surface area contributed by atoms with Crippen molar-refractivity contribution >= 4 is 22.4 Å². The first kappa shape index (κ1) is 18.5. The molecule has 0 saturated carbocycles. The van der Waals surface area contributed by atoms with E-state index in [9.17, 15) is 4.79 Å². The zero-order valence-electron chi connectivity index (χ0n) is 16.1. The van der Waals surface area contributed by atoms with Gasteiger partial charge >= 0.3 is 0 Å². The Balaban J connectivity index is 1.73. The molecule has 5 nitrogen and oxygen atoms in total. The van der Waals surface area contributed by atoms with Crippen LogP contribution in [-0.2, 0) is 4.79 Å². The molecule has 2 heterocycles. The highest BCUT2D eigenvalue weighted by Crippen LogP contribution is 2.31. The summed E-state index contributed by atoms with van der Waals surface area (Å²) >= 11 is 0. The maximum Gasteiger partial charge on any atom is 0.237 e. The summed E-state index contributed by atoms with van der Waals surface area (Å²) in [6.45, 7) is 7.80. The number of ether oxygens (including phenoxy) is 1. The summed E-state index contributed by atoms with van der Waals surface area (Å²) in [6, 6.07) is 6.22. The third-order valence-electron chi connectivity index (χ3n) is 5.40. The second-order valence-corrected chi connectivity index (χ2v) is 7.08. The van der Waals surface area contributed by atoms with E-state index in [1.807, 2.05) is 19.9 Å². The number of aromatic nitrogens is 1. The molecule has 1 aromatic heterocycles. The molecule has 0 spiro atoms. The van der Waals surface area contributed by atoms with Crippen LogP contribution in [0.1, 0.15) is 39.2 Å². The Morgan fingerprint density at radius 1 is 1.38 bits per heavy atom. The summed E-state index contributed by atoms with van der Waals surface area (Å²) in [7, 11) is 1.69. The molecule has 140 valence electrons. The van der Waals surface area contributed by atoms with Crippen LogP contribution in [0.3, 0.4) is 0 Å². The highest BCUT2D eigenvalue weighted by Gasteiger charge is 2.24. The number of aromatic amines is 1. The van der Waals surface area contributed by atoms with Crippen molar-refractivity contribution in [2.24, 2.45) is 0 Å². The summed E-state index contributed by atoms with van der Waals surface area (Å²) in [4.78, 5) is 18.0. The van der Waals surface area contributed by atoms with Crippen LogP contribution in [0.2, 0.25) is 0 Å². The number of nitrogens with zero attached hydrogens (tertiary/aromatic N) is 1. The molecule has 0 bridgehead atoms. The molecule has 0 saturated heterocycles. The summed E-state index contributed by atoms with van der Waals surface area (Å²) in [6.07, 6.45) is 6.21. The van der Waals surface area contributed by atoms with E-state index in [-0.39, 0.29) is 18.0 Å². The predicted molar refractivity (Wildman–Crippen MR) is 106 cm³/mol. The molecular weight excluding hydrogens is 326 g/mol. The molecule has 0 unspecified atom stereocenters. The lowest BCUT2D eigenvalue weighted by Crippen LogP contribution is -2.48. The third-order valence-corrected chi connectivity index (χ3v) is 5.40. The number of methoxy groups -OCH3 is 1. The van der Waals surface area contributed by atoms with Crippen molar-refractivity contribution in [1.82, 2.24) is 15.2 Å². The van der Waals surface area contributed by atoms with Gasteiger partial charge in [0.25, 0.3) is 0 Å². The van der Waals surface area contributed by atoms with Crippen molar-refractivity contribution in [3.05, 3.63) is 36.0 Å². The average molecular weight is 355 g/mol. The second-order valence-electron chi connectivity index (χ2n) is 7.08. The monoisotopic (exact) mass is 355 g/mol. The lowest BCUT2D eigenvalue weighted by atomic mass is 9.98. The Hall–Kier alpha value is -2.27. The van der Waals surface area contributed by atoms with E-state index in [1.165, 1.54) is 16.5 Å². The van der Waals surface area contributed by atoms with Gasteiger partial charge in [-0.3, -0.25) is 9.69 Å². The molecule has 5 heteroatoms. The summed E-state index contributed by atoms with van der Waals surface area (Å²) in [5.74, 6) is 0.986. The largest absolute Gasteiger partial charge is 0.497 e. The summed E-state index contributed by atoms with van der Waals surface area (Å²) < 4.78 is 5.36. The highest BCUT2D eigenvalue weighted by atomic mass is 16.5. The van der Waals surface area contributed by atoms with Gasteiger partial charge in [0.1, 0.15) is 5.75 Å². The van der Waals surface area contributed by atoms with Crippen molar-refractivity contribution < 1.29 is 9.53 Å². The fourth-order valence-electron chi connectivity index (χ4n) is 3.40. The number of benzene rings is 1. The molecule has 2 aromatic rings. The molecular formula is C21H29N3O2.